The number of aromatic nitrogens is 2. The molecular formula is C12H13N3O3S. The van der Waals surface area contributed by atoms with Gasteiger partial charge in [0.25, 0.3) is 0 Å². The Balaban J connectivity index is 2.00. The zero-order valence-corrected chi connectivity index (χ0v) is 11.1. The molecule has 2 heterocycles. The summed E-state index contributed by atoms with van der Waals surface area (Å²) < 4.78 is 1.42. The third-order valence-electron chi connectivity index (χ3n) is 2.66. The Kier molecular flexibility index (Phi) is 3.96. The first kappa shape index (κ1) is 13.3. The van der Waals surface area contributed by atoms with Crippen LogP contribution in [0.1, 0.15) is 16.2 Å². The van der Waals surface area contributed by atoms with Crippen LogP contribution in [0.4, 0.5) is 0 Å². The van der Waals surface area contributed by atoms with E-state index >= 15 is 0 Å². The van der Waals surface area contributed by atoms with Crippen LogP contribution in [0.15, 0.2) is 29.2 Å². The lowest BCUT2D eigenvalue weighted by atomic mass is 10.4. The maximum absolute atomic E-state index is 12.0. The number of carbonyl (C=O) groups is 2. The van der Waals surface area contributed by atoms with E-state index in [1.807, 2.05) is 5.38 Å². The van der Waals surface area contributed by atoms with Crippen LogP contribution < -0.4 is 0 Å². The number of likely N-dealkylation sites (N-methyl/N-ethyl adjacent to an activating group) is 1. The predicted molar refractivity (Wildman–Crippen MR) is 70.0 cm³/mol. The van der Waals surface area contributed by atoms with E-state index in [0.717, 1.165) is 5.69 Å². The molecule has 6 nitrogen and oxygen atoms in total. The van der Waals surface area contributed by atoms with E-state index in [4.69, 9.17) is 5.11 Å². The Morgan fingerprint density at radius 2 is 2.32 bits per heavy atom. The average Bonchev–Trinajstić information content (AvgIpc) is 2.99. The molecule has 1 N–H and O–H groups in total. The number of carboxylic acids is 1. The molecule has 0 aliphatic carbocycles. The first-order valence-corrected chi connectivity index (χ1v) is 6.51. The maximum atomic E-state index is 12.0. The molecule has 7 heteroatoms. The van der Waals surface area contributed by atoms with Crippen LogP contribution in [-0.4, -0.2) is 38.5 Å². The molecule has 0 fully saturated rings. The monoisotopic (exact) mass is 279 g/mol. The number of thiazole rings is 1. The van der Waals surface area contributed by atoms with Gasteiger partial charge in [-0.25, -0.2) is 9.78 Å². The van der Waals surface area contributed by atoms with Crippen molar-refractivity contribution in [3.8, 4) is 0 Å². The number of hydrogen-bond donors (Lipinski definition) is 1. The smallest absolute Gasteiger partial charge is 0.352 e. The Labute approximate surface area is 113 Å². The van der Waals surface area contributed by atoms with E-state index in [2.05, 4.69) is 4.98 Å². The summed E-state index contributed by atoms with van der Waals surface area (Å²) in [5.41, 5.74) is 2.64. The number of aromatic carboxylic acids is 1. The highest BCUT2D eigenvalue weighted by Crippen LogP contribution is 2.07. The first-order chi connectivity index (χ1) is 9.08. The van der Waals surface area contributed by atoms with Gasteiger partial charge in [-0.1, -0.05) is 0 Å². The van der Waals surface area contributed by atoms with E-state index in [1.165, 1.54) is 26.9 Å². The molecule has 0 aliphatic heterocycles. The Hall–Kier alpha value is -2.15. The van der Waals surface area contributed by atoms with Crippen LogP contribution in [-0.2, 0) is 17.9 Å². The van der Waals surface area contributed by atoms with Crippen LogP contribution in [0.2, 0.25) is 0 Å². The van der Waals surface area contributed by atoms with Crippen LogP contribution in [0.3, 0.4) is 0 Å². The van der Waals surface area contributed by atoms with Gasteiger partial charge >= 0.3 is 5.97 Å². The summed E-state index contributed by atoms with van der Waals surface area (Å²) in [4.78, 5) is 28.6. The highest BCUT2D eigenvalue weighted by molar-refractivity contribution is 7.07. The Morgan fingerprint density at radius 3 is 2.95 bits per heavy atom. The van der Waals surface area contributed by atoms with Gasteiger partial charge in [0, 0.05) is 18.6 Å². The van der Waals surface area contributed by atoms with E-state index in [9.17, 15) is 9.59 Å². The summed E-state index contributed by atoms with van der Waals surface area (Å²) in [7, 11) is 1.67. The Bertz CT molecular complexity index is 577. The zero-order chi connectivity index (χ0) is 13.8. The predicted octanol–water partition coefficient (Wildman–Crippen LogP) is 1.30. The number of amides is 1. The third kappa shape index (κ3) is 3.19. The molecule has 0 saturated heterocycles. The second-order valence-corrected chi connectivity index (χ2v) is 4.77. The minimum Gasteiger partial charge on any atom is -0.477 e. The van der Waals surface area contributed by atoms with Crippen molar-refractivity contribution in [2.75, 3.05) is 7.05 Å². The summed E-state index contributed by atoms with van der Waals surface area (Å²) in [5.74, 6) is -1.20. The van der Waals surface area contributed by atoms with Crippen molar-refractivity contribution < 1.29 is 14.7 Å². The quantitative estimate of drug-likeness (QED) is 0.895. The standard InChI is InChI=1S/C12H13N3O3S/c1-14(5-9-7-19-8-13-9)11(16)6-15-4-2-3-10(15)12(17)18/h2-4,7-8H,5-6H2,1H3,(H,17,18). The van der Waals surface area contributed by atoms with Gasteiger partial charge in [-0.05, 0) is 12.1 Å². The van der Waals surface area contributed by atoms with Gasteiger partial charge in [-0.2, -0.15) is 0 Å². The molecule has 2 rings (SSSR count). The number of carbonyl (C=O) groups excluding carboxylic acids is 1. The van der Waals surface area contributed by atoms with E-state index in [1.54, 1.807) is 24.8 Å². The highest BCUT2D eigenvalue weighted by Gasteiger charge is 2.15. The minimum absolute atomic E-state index is 0.00920. The molecule has 0 aliphatic rings. The van der Waals surface area contributed by atoms with Gasteiger partial charge in [0.1, 0.15) is 12.2 Å². The second kappa shape index (κ2) is 5.66. The second-order valence-electron chi connectivity index (χ2n) is 4.06. The van der Waals surface area contributed by atoms with Crippen LogP contribution >= 0.6 is 11.3 Å². The number of hydrogen-bond acceptors (Lipinski definition) is 4. The fourth-order valence-corrected chi connectivity index (χ4v) is 2.21. The minimum atomic E-state index is -1.04. The Morgan fingerprint density at radius 1 is 1.53 bits per heavy atom. The summed E-state index contributed by atoms with van der Waals surface area (Å²) in [6.07, 6.45) is 1.58. The first-order valence-electron chi connectivity index (χ1n) is 5.57. The average molecular weight is 279 g/mol. The van der Waals surface area contributed by atoms with Crippen molar-refractivity contribution in [3.05, 3.63) is 40.6 Å². The summed E-state index contributed by atoms with van der Waals surface area (Å²) >= 11 is 1.47. The largest absolute Gasteiger partial charge is 0.477 e. The molecule has 1 amide bonds. The van der Waals surface area contributed by atoms with Gasteiger partial charge in [0.05, 0.1) is 17.7 Å². The van der Waals surface area contributed by atoms with Crippen LogP contribution in [0, 0.1) is 0 Å². The lowest BCUT2D eigenvalue weighted by Gasteiger charge is -2.16. The lowest BCUT2D eigenvalue weighted by molar-refractivity contribution is -0.131. The van der Waals surface area contributed by atoms with E-state index in [0.29, 0.717) is 6.54 Å². The van der Waals surface area contributed by atoms with Crippen LogP contribution in [0.5, 0.6) is 0 Å². The zero-order valence-electron chi connectivity index (χ0n) is 10.3. The summed E-state index contributed by atoms with van der Waals surface area (Å²) in [6, 6.07) is 3.08. The fraction of sp³-hybridized carbons (Fsp3) is 0.250. The fourth-order valence-electron chi connectivity index (χ4n) is 1.66. The highest BCUT2D eigenvalue weighted by atomic mass is 32.1. The van der Waals surface area contributed by atoms with Crippen molar-refractivity contribution >= 4 is 23.2 Å². The molecule has 0 aromatic carbocycles. The van der Waals surface area contributed by atoms with E-state index in [-0.39, 0.29) is 18.1 Å². The molecule has 0 saturated carbocycles. The molecule has 0 spiro atoms. The SMILES string of the molecule is CN(Cc1cscn1)C(=O)Cn1cccc1C(=O)O. The van der Waals surface area contributed by atoms with Gasteiger partial charge < -0.3 is 14.6 Å². The van der Waals surface area contributed by atoms with Crippen LogP contribution in [0.25, 0.3) is 0 Å². The maximum Gasteiger partial charge on any atom is 0.352 e. The van der Waals surface area contributed by atoms with Crippen molar-refractivity contribution in [2.45, 2.75) is 13.1 Å². The molecule has 2 aromatic heterocycles. The molecule has 2 aromatic rings. The van der Waals surface area contributed by atoms with Gasteiger partial charge in [-0.3, -0.25) is 4.79 Å². The van der Waals surface area contributed by atoms with Crippen molar-refractivity contribution in [2.24, 2.45) is 0 Å². The molecule has 19 heavy (non-hydrogen) atoms. The van der Waals surface area contributed by atoms with Crippen molar-refractivity contribution in [3.63, 3.8) is 0 Å². The lowest BCUT2D eigenvalue weighted by Crippen LogP contribution is -2.30. The summed E-state index contributed by atoms with van der Waals surface area (Å²) in [6.45, 7) is 0.432. The molecule has 0 unspecified atom stereocenters. The normalized spacial score (nSPS) is 10.4. The number of nitrogens with zero attached hydrogens (tertiary/aromatic N) is 3. The molecule has 0 radical (unpaired) electrons. The van der Waals surface area contributed by atoms with Crippen molar-refractivity contribution in [1.29, 1.82) is 0 Å². The van der Waals surface area contributed by atoms with Gasteiger partial charge in [0.2, 0.25) is 5.91 Å². The van der Waals surface area contributed by atoms with Gasteiger partial charge in [-0.15, -0.1) is 11.3 Å². The number of rotatable bonds is 5. The third-order valence-corrected chi connectivity index (χ3v) is 3.30. The molecule has 0 bridgehead atoms. The van der Waals surface area contributed by atoms with Crippen molar-refractivity contribution in [1.82, 2.24) is 14.5 Å². The summed E-state index contributed by atoms with van der Waals surface area (Å²) in [5, 5.41) is 10.8. The molecular weight excluding hydrogens is 266 g/mol. The number of carboxylic acid groups (broad SMARTS) is 1. The van der Waals surface area contributed by atoms with Gasteiger partial charge in [0.15, 0.2) is 0 Å². The molecule has 0 atom stereocenters. The topological polar surface area (TPSA) is 75.4 Å². The molecule has 100 valence electrons. The van der Waals surface area contributed by atoms with E-state index < -0.39 is 5.97 Å².